The molecule has 0 aliphatic heterocycles. The SMILES string of the molecule is C=Cc1ccc(C(=O)Nc2cc(OC(=O)c3ccccc3)ccc2O)cc1. The third kappa shape index (κ3) is 4.41. The summed E-state index contributed by atoms with van der Waals surface area (Å²) in [4.78, 5) is 24.5. The largest absolute Gasteiger partial charge is 0.506 e. The molecule has 0 heterocycles. The molecule has 0 bridgehead atoms. The number of phenolic OH excluding ortho intramolecular Hbond substituents is 1. The fourth-order valence-electron chi connectivity index (χ4n) is 2.38. The third-order valence-corrected chi connectivity index (χ3v) is 3.84. The Hall–Kier alpha value is -3.86. The Morgan fingerprint density at radius 2 is 1.63 bits per heavy atom. The Morgan fingerprint density at radius 3 is 2.30 bits per heavy atom. The van der Waals surface area contributed by atoms with Crippen LogP contribution in [0.2, 0.25) is 0 Å². The van der Waals surface area contributed by atoms with Crippen molar-refractivity contribution in [3.63, 3.8) is 0 Å². The molecule has 5 nitrogen and oxygen atoms in total. The fourth-order valence-corrected chi connectivity index (χ4v) is 2.38. The maximum Gasteiger partial charge on any atom is 0.343 e. The maximum absolute atomic E-state index is 12.4. The molecule has 0 aliphatic rings. The molecule has 0 aromatic heterocycles. The summed E-state index contributed by atoms with van der Waals surface area (Å²) in [6.45, 7) is 3.66. The molecule has 0 unspecified atom stereocenters. The number of aromatic hydroxyl groups is 1. The van der Waals surface area contributed by atoms with E-state index in [-0.39, 0.29) is 17.2 Å². The van der Waals surface area contributed by atoms with Gasteiger partial charge in [-0.3, -0.25) is 4.79 Å². The van der Waals surface area contributed by atoms with E-state index >= 15 is 0 Å². The molecule has 0 saturated heterocycles. The van der Waals surface area contributed by atoms with Crippen molar-refractivity contribution in [1.29, 1.82) is 0 Å². The van der Waals surface area contributed by atoms with Crippen molar-refractivity contribution in [3.8, 4) is 11.5 Å². The lowest BCUT2D eigenvalue weighted by Gasteiger charge is -2.10. The first-order chi connectivity index (χ1) is 13.1. The second-order valence-electron chi connectivity index (χ2n) is 5.71. The molecule has 0 atom stereocenters. The van der Waals surface area contributed by atoms with E-state index in [1.807, 2.05) is 0 Å². The van der Waals surface area contributed by atoms with Gasteiger partial charge in [-0.05, 0) is 42.0 Å². The lowest BCUT2D eigenvalue weighted by Crippen LogP contribution is -2.12. The van der Waals surface area contributed by atoms with E-state index in [1.165, 1.54) is 18.2 Å². The predicted molar refractivity (Wildman–Crippen MR) is 104 cm³/mol. The molecule has 1 amide bonds. The molecular formula is C22H17NO4. The number of hydrogen-bond acceptors (Lipinski definition) is 4. The van der Waals surface area contributed by atoms with E-state index < -0.39 is 11.9 Å². The zero-order valence-electron chi connectivity index (χ0n) is 14.4. The highest BCUT2D eigenvalue weighted by molar-refractivity contribution is 6.05. The average molecular weight is 359 g/mol. The summed E-state index contributed by atoms with van der Waals surface area (Å²) in [5.74, 6) is -0.851. The van der Waals surface area contributed by atoms with Gasteiger partial charge in [-0.15, -0.1) is 0 Å². The van der Waals surface area contributed by atoms with Crippen molar-refractivity contribution in [2.45, 2.75) is 0 Å². The standard InChI is InChI=1S/C22H17NO4/c1-2-15-8-10-16(11-9-15)21(25)23-19-14-18(12-13-20(19)24)27-22(26)17-6-4-3-5-7-17/h2-14,24H,1H2,(H,23,25). The van der Waals surface area contributed by atoms with Crippen molar-refractivity contribution in [3.05, 3.63) is 96.1 Å². The molecule has 134 valence electrons. The number of ether oxygens (including phenoxy) is 1. The number of carbonyl (C=O) groups is 2. The topological polar surface area (TPSA) is 75.6 Å². The van der Waals surface area contributed by atoms with E-state index in [4.69, 9.17) is 4.74 Å². The molecule has 0 fully saturated rings. The summed E-state index contributed by atoms with van der Waals surface area (Å²) in [7, 11) is 0. The first kappa shape index (κ1) is 17.9. The van der Waals surface area contributed by atoms with Gasteiger partial charge < -0.3 is 15.2 Å². The highest BCUT2D eigenvalue weighted by Gasteiger charge is 2.13. The summed E-state index contributed by atoms with van der Waals surface area (Å²) in [6.07, 6.45) is 1.68. The molecule has 3 rings (SSSR count). The molecule has 5 heteroatoms. The summed E-state index contributed by atoms with van der Waals surface area (Å²) < 4.78 is 5.30. The van der Waals surface area contributed by atoms with Crippen molar-refractivity contribution in [1.82, 2.24) is 0 Å². The van der Waals surface area contributed by atoms with Gasteiger partial charge in [0.05, 0.1) is 11.3 Å². The molecule has 27 heavy (non-hydrogen) atoms. The Kier molecular flexibility index (Phi) is 5.33. The van der Waals surface area contributed by atoms with E-state index in [1.54, 1.807) is 60.7 Å². The van der Waals surface area contributed by atoms with Crippen molar-refractivity contribution in [2.24, 2.45) is 0 Å². The van der Waals surface area contributed by atoms with Gasteiger partial charge >= 0.3 is 5.97 Å². The second kappa shape index (κ2) is 8.01. The van der Waals surface area contributed by atoms with Gasteiger partial charge in [0.25, 0.3) is 5.91 Å². The average Bonchev–Trinajstić information content (AvgIpc) is 2.71. The first-order valence-corrected chi connectivity index (χ1v) is 8.21. The highest BCUT2D eigenvalue weighted by Crippen LogP contribution is 2.29. The third-order valence-electron chi connectivity index (χ3n) is 3.84. The van der Waals surface area contributed by atoms with Crippen molar-refractivity contribution in [2.75, 3.05) is 5.32 Å². The molecular weight excluding hydrogens is 342 g/mol. The molecule has 3 aromatic rings. The minimum absolute atomic E-state index is 0.134. The quantitative estimate of drug-likeness (QED) is 0.399. The van der Waals surface area contributed by atoms with Crippen LogP contribution in [0, 0.1) is 0 Å². The lowest BCUT2D eigenvalue weighted by atomic mass is 10.1. The first-order valence-electron chi connectivity index (χ1n) is 8.21. The maximum atomic E-state index is 12.4. The zero-order chi connectivity index (χ0) is 19.2. The summed E-state index contributed by atoms with van der Waals surface area (Å²) >= 11 is 0. The van der Waals surface area contributed by atoms with Crippen LogP contribution in [0.15, 0.2) is 79.4 Å². The van der Waals surface area contributed by atoms with Gasteiger partial charge in [0.1, 0.15) is 11.5 Å². The van der Waals surface area contributed by atoms with Crippen molar-refractivity contribution >= 4 is 23.6 Å². The minimum Gasteiger partial charge on any atom is -0.506 e. The number of carbonyl (C=O) groups excluding carboxylic acids is 2. The number of amides is 1. The smallest absolute Gasteiger partial charge is 0.343 e. The van der Waals surface area contributed by atoms with Crippen LogP contribution in [0.3, 0.4) is 0 Å². The van der Waals surface area contributed by atoms with Crippen LogP contribution in [0.25, 0.3) is 6.08 Å². The number of hydrogen-bond donors (Lipinski definition) is 2. The Bertz CT molecular complexity index is 979. The Morgan fingerprint density at radius 1 is 0.926 bits per heavy atom. The number of nitrogens with one attached hydrogen (secondary N) is 1. The normalized spacial score (nSPS) is 10.1. The zero-order valence-corrected chi connectivity index (χ0v) is 14.4. The minimum atomic E-state index is -0.529. The van der Waals surface area contributed by atoms with Crippen molar-refractivity contribution < 1.29 is 19.4 Å². The second-order valence-corrected chi connectivity index (χ2v) is 5.71. The van der Waals surface area contributed by atoms with Gasteiger partial charge in [0.2, 0.25) is 0 Å². The monoisotopic (exact) mass is 359 g/mol. The molecule has 2 N–H and O–H groups in total. The van der Waals surface area contributed by atoms with E-state index in [0.29, 0.717) is 11.1 Å². The van der Waals surface area contributed by atoms with Crippen LogP contribution in [-0.4, -0.2) is 17.0 Å². The lowest BCUT2D eigenvalue weighted by molar-refractivity contribution is 0.0734. The predicted octanol–water partition coefficient (Wildman–Crippen LogP) is 4.51. The summed E-state index contributed by atoms with van der Waals surface area (Å²) in [5, 5.41) is 12.6. The van der Waals surface area contributed by atoms with E-state index in [2.05, 4.69) is 11.9 Å². The molecule has 0 saturated carbocycles. The van der Waals surface area contributed by atoms with Crippen LogP contribution < -0.4 is 10.1 Å². The van der Waals surface area contributed by atoms with Crippen LogP contribution >= 0.6 is 0 Å². The van der Waals surface area contributed by atoms with Gasteiger partial charge in [0.15, 0.2) is 0 Å². The summed E-state index contributed by atoms with van der Waals surface area (Å²) in [6, 6.07) is 19.6. The number of benzene rings is 3. The number of rotatable bonds is 5. The molecule has 0 spiro atoms. The Balaban J connectivity index is 1.75. The van der Waals surface area contributed by atoms with Gasteiger partial charge in [-0.2, -0.15) is 0 Å². The molecule has 0 radical (unpaired) electrons. The van der Waals surface area contributed by atoms with Gasteiger partial charge in [0, 0.05) is 11.6 Å². The van der Waals surface area contributed by atoms with Crippen LogP contribution in [-0.2, 0) is 0 Å². The summed E-state index contributed by atoms with van der Waals surface area (Å²) in [5.41, 5.74) is 1.86. The number of phenols is 1. The Labute approximate surface area is 156 Å². The molecule has 3 aromatic carbocycles. The number of esters is 1. The van der Waals surface area contributed by atoms with Crippen LogP contribution in [0.1, 0.15) is 26.3 Å². The fraction of sp³-hybridized carbons (Fsp3) is 0. The van der Waals surface area contributed by atoms with Crippen LogP contribution in [0.5, 0.6) is 11.5 Å². The van der Waals surface area contributed by atoms with Crippen LogP contribution in [0.4, 0.5) is 5.69 Å². The highest BCUT2D eigenvalue weighted by atomic mass is 16.5. The molecule has 0 aliphatic carbocycles. The van der Waals surface area contributed by atoms with Gasteiger partial charge in [-0.1, -0.05) is 43.0 Å². The van der Waals surface area contributed by atoms with Gasteiger partial charge in [-0.25, -0.2) is 4.79 Å². The number of anilines is 1. The van der Waals surface area contributed by atoms with E-state index in [0.717, 1.165) is 5.56 Å². The van der Waals surface area contributed by atoms with E-state index in [9.17, 15) is 14.7 Å².